The van der Waals surface area contributed by atoms with Gasteiger partial charge in [0.2, 0.25) is 0 Å². The third-order valence-electron chi connectivity index (χ3n) is 4.46. The molecule has 1 saturated heterocycles. The fourth-order valence-electron chi connectivity index (χ4n) is 3.37. The Balaban J connectivity index is 1.70. The lowest BCUT2D eigenvalue weighted by Gasteiger charge is -2.39. The molecule has 1 aromatic heterocycles. The molecule has 2 aliphatic rings. The standard InChI is InChI=1S/C15H21FN2O2/c16-11-4-5-12(17-8-11)9-18-6-7-20-10-14(18)13-2-1-3-15(13)19/h4-5,8,13-15,19H,1-3,6-7,9-10H2/t13-,14+,15+/m0/s1. The number of halogens is 1. The van der Waals surface area contributed by atoms with Gasteiger partial charge < -0.3 is 9.84 Å². The van der Waals surface area contributed by atoms with Crippen LogP contribution in [0.5, 0.6) is 0 Å². The van der Waals surface area contributed by atoms with Crippen molar-refractivity contribution in [3.8, 4) is 0 Å². The molecule has 1 aromatic rings. The molecule has 20 heavy (non-hydrogen) atoms. The van der Waals surface area contributed by atoms with Crippen LogP contribution in [0.1, 0.15) is 25.0 Å². The Bertz CT molecular complexity index is 440. The van der Waals surface area contributed by atoms with E-state index in [4.69, 9.17) is 4.74 Å². The van der Waals surface area contributed by atoms with Gasteiger partial charge in [0.05, 0.1) is 31.2 Å². The van der Waals surface area contributed by atoms with E-state index < -0.39 is 0 Å². The van der Waals surface area contributed by atoms with Crippen LogP contribution in [-0.4, -0.2) is 46.9 Å². The van der Waals surface area contributed by atoms with Crippen LogP contribution < -0.4 is 0 Å². The van der Waals surface area contributed by atoms with Gasteiger partial charge in [0, 0.05) is 25.0 Å². The molecule has 1 saturated carbocycles. The first-order chi connectivity index (χ1) is 9.74. The van der Waals surface area contributed by atoms with Crippen LogP contribution in [0, 0.1) is 11.7 Å². The maximum Gasteiger partial charge on any atom is 0.141 e. The van der Waals surface area contributed by atoms with Crippen molar-refractivity contribution in [2.24, 2.45) is 5.92 Å². The predicted octanol–water partition coefficient (Wildman–Crippen LogP) is 1.58. The molecule has 0 unspecified atom stereocenters. The second kappa shape index (κ2) is 6.16. The Labute approximate surface area is 118 Å². The molecule has 2 heterocycles. The van der Waals surface area contributed by atoms with Gasteiger partial charge in [-0.3, -0.25) is 9.88 Å². The second-order valence-corrected chi connectivity index (χ2v) is 5.74. The third-order valence-corrected chi connectivity index (χ3v) is 4.46. The van der Waals surface area contributed by atoms with Gasteiger partial charge >= 0.3 is 0 Å². The van der Waals surface area contributed by atoms with Crippen molar-refractivity contribution in [3.63, 3.8) is 0 Å². The van der Waals surface area contributed by atoms with E-state index in [9.17, 15) is 9.50 Å². The number of rotatable bonds is 3. The zero-order valence-electron chi connectivity index (χ0n) is 11.5. The molecule has 5 heteroatoms. The Morgan fingerprint density at radius 3 is 3.00 bits per heavy atom. The number of aliphatic hydroxyl groups excluding tert-OH is 1. The van der Waals surface area contributed by atoms with Crippen molar-refractivity contribution in [2.75, 3.05) is 19.8 Å². The van der Waals surface area contributed by atoms with Gasteiger partial charge in [-0.25, -0.2) is 4.39 Å². The number of nitrogens with zero attached hydrogens (tertiary/aromatic N) is 2. The minimum Gasteiger partial charge on any atom is -0.393 e. The third kappa shape index (κ3) is 3.00. The molecule has 0 bridgehead atoms. The number of pyridine rings is 1. The molecule has 1 aliphatic carbocycles. The van der Waals surface area contributed by atoms with Gasteiger partial charge in [0.25, 0.3) is 0 Å². The summed E-state index contributed by atoms with van der Waals surface area (Å²) in [6.45, 7) is 2.91. The molecule has 0 aromatic carbocycles. The summed E-state index contributed by atoms with van der Waals surface area (Å²) in [7, 11) is 0. The van der Waals surface area contributed by atoms with Crippen LogP contribution in [0.3, 0.4) is 0 Å². The quantitative estimate of drug-likeness (QED) is 0.913. The maximum atomic E-state index is 12.9. The van der Waals surface area contributed by atoms with E-state index in [1.807, 2.05) is 0 Å². The molecule has 1 aliphatic heterocycles. The fraction of sp³-hybridized carbons (Fsp3) is 0.667. The van der Waals surface area contributed by atoms with Gasteiger partial charge in [0.1, 0.15) is 5.82 Å². The summed E-state index contributed by atoms with van der Waals surface area (Å²) >= 11 is 0. The number of morpholine rings is 1. The predicted molar refractivity (Wildman–Crippen MR) is 72.6 cm³/mol. The van der Waals surface area contributed by atoms with Crippen LogP contribution in [0.25, 0.3) is 0 Å². The maximum absolute atomic E-state index is 12.9. The topological polar surface area (TPSA) is 45.6 Å². The van der Waals surface area contributed by atoms with Gasteiger partial charge in [-0.05, 0) is 25.0 Å². The SMILES string of the molecule is O[C@@H]1CCC[C@H]1[C@H]1COCCN1Cc1ccc(F)cn1. The molecule has 1 N–H and O–H groups in total. The van der Waals surface area contributed by atoms with E-state index >= 15 is 0 Å². The Morgan fingerprint density at radius 2 is 2.30 bits per heavy atom. The molecule has 0 radical (unpaired) electrons. The monoisotopic (exact) mass is 280 g/mol. The summed E-state index contributed by atoms with van der Waals surface area (Å²) in [6.07, 6.45) is 4.08. The summed E-state index contributed by atoms with van der Waals surface area (Å²) in [5.41, 5.74) is 0.866. The van der Waals surface area contributed by atoms with Crippen LogP contribution in [0.2, 0.25) is 0 Å². The minimum atomic E-state index is -0.307. The molecule has 3 atom stereocenters. The van der Waals surface area contributed by atoms with Gasteiger partial charge in [-0.1, -0.05) is 6.42 Å². The first kappa shape index (κ1) is 13.9. The van der Waals surface area contributed by atoms with E-state index in [1.54, 1.807) is 6.07 Å². The Kier molecular flexibility index (Phi) is 4.29. The molecule has 3 rings (SSSR count). The number of ether oxygens (including phenoxy) is 1. The zero-order chi connectivity index (χ0) is 13.9. The molecule has 0 spiro atoms. The number of aromatic nitrogens is 1. The van der Waals surface area contributed by atoms with Crippen molar-refractivity contribution < 1.29 is 14.2 Å². The highest BCUT2D eigenvalue weighted by atomic mass is 19.1. The van der Waals surface area contributed by atoms with Crippen molar-refractivity contribution in [1.82, 2.24) is 9.88 Å². The first-order valence-corrected chi connectivity index (χ1v) is 7.34. The number of hydrogen-bond donors (Lipinski definition) is 1. The summed E-state index contributed by atoms with van der Waals surface area (Å²) in [5.74, 6) is -0.0192. The normalized spacial score (nSPS) is 31.6. The molecule has 2 fully saturated rings. The summed E-state index contributed by atoms with van der Waals surface area (Å²) in [4.78, 5) is 6.45. The zero-order valence-corrected chi connectivity index (χ0v) is 11.5. The van der Waals surface area contributed by atoms with Gasteiger partial charge in [-0.2, -0.15) is 0 Å². The summed E-state index contributed by atoms with van der Waals surface area (Å²) < 4.78 is 18.5. The smallest absolute Gasteiger partial charge is 0.141 e. The lowest BCUT2D eigenvalue weighted by atomic mass is 9.94. The highest BCUT2D eigenvalue weighted by Gasteiger charge is 2.37. The first-order valence-electron chi connectivity index (χ1n) is 7.34. The largest absolute Gasteiger partial charge is 0.393 e. The average molecular weight is 280 g/mol. The minimum absolute atomic E-state index is 0.217. The number of hydrogen-bond acceptors (Lipinski definition) is 4. The second-order valence-electron chi connectivity index (χ2n) is 5.74. The highest BCUT2D eigenvalue weighted by molar-refractivity contribution is 5.06. The van der Waals surface area contributed by atoms with Crippen molar-refractivity contribution in [3.05, 3.63) is 29.8 Å². The fourth-order valence-corrected chi connectivity index (χ4v) is 3.37. The van der Waals surface area contributed by atoms with Gasteiger partial charge in [-0.15, -0.1) is 0 Å². The van der Waals surface area contributed by atoms with E-state index in [2.05, 4.69) is 9.88 Å². The Hall–Kier alpha value is -1.04. The molecule has 4 nitrogen and oxygen atoms in total. The van der Waals surface area contributed by atoms with Crippen LogP contribution >= 0.6 is 0 Å². The summed E-state index contributed by atoms with van der Waals surface area (Å²) in [6, 6.07) is 3.42. The van der Waals surface area contributed by atoms with Crippen LogP contribution in [0.15, 0.2) is 18.3 Å². The highest BCUT2D eigenvalue weighted by Crippen LogP contribution is 2.32. The van der Waals surface area contributed by atoms with Crippen LogP contribution in [0.4, 0.5) is 4.39 Å². The molecule has 110 valence electrons. The average Bonchev–Trinajstić information content (AvgIpc) is 2.88. The number of aliphatic hydroxyl groups is 1. The molecular formula is C15H21FN2O2. The van der Waals surface area contributed by atoms with Gasteiger partial charge in [0.15, 0.2) is 0 Å². The molecular weight excluding hydrogens is 259 g/mol. The van der Waals surface area contributed by atoms with Crippen LogP contribution in [-0.2, 0) is 11.3 Å². The van der Waals surface area contributed by atoms with Crippen molar-refractivity contribution in [1.29, 1.82) is 0 Å². The van der Waals surface area contributed by atoms with Crippen molar-refractivity contribution >= 4 is 0 Å². The van der Waals surface area contributed by atoms with E-state index in [1.165, 1.54) is 12.3 Å². The Morgan fingerprint density at radius 1 is 1.40 bits per heavy atom. The lowest BCUT2D eigenvalue weighted by molar-refractivity contribution is -0.0540. The van der Waals surface area contributed by atoms with E-state index in [-0.39, 0.29) is 23.9 Å². The van der Waals surface area contributed by atoms with E-state index in [0.717, 1.165) is 31.5 Å². The van der Waals surface area contributed by atoms with Crippen molar-refractivity contribution in [2.45, 2.75) is 38.0 Å². The van der Waals surface area contributed by atoms with E-state index in [0.29, 0.717) is 19.8 Å². The summed E-state index contributed by atoms with van der Waals surface area (Å²) in [5, 5.41) is 10.1. The lowest BCUT2D eigenvalue weighted by Crippen LogP contribution is -2.50. The molecule has 0 amide bonds.